The monoisotopic (exact) mass is 473 g/mol. The second kappa shape index (κ2) is 12.3. The molecule has 1 fully saturated rings. The maximum atomic E-state index is 12.7. The topological polar surface area (TPSA) is 151 Å². The van der Waals surface area contributed by atoms with E-state index < -0.39 is 42.1 Å². The molecule has 1 aromatic rings. The Bertz CT molecular complexity index is 927. The number of rotatable bonds is 11. The van der Waals surface area contributed by atoms with Crippen LogP contribution in [0.1, 0.15) is 55.3 Å². The molecular formula is C24H35N5O5. The van der Waals surface area contributed by atoms with Crippen molar-refractivity contribution in [3.63, 3.8) is 0 Å². The van der Waals surface area contributed by atoms with E-state index in [4.69, 9.17) is 5.73 Å². The molecule has 1 aliphatic rings. The molecule has 5 N–H and O–H groups in total. The van der Waals surface area contributed by atoms with Gasteiger partial charge in [0, 0.05) is 0 Å². The zero-order chi connectivity index (χ0) is 25.4. The lowest BCUT2D eigenvalue weighted by Gasteiger charge is -2.23. The minimum Gasteiger partial charge on any atom is -0.368 e. The quantitative estimate of drug-likeness (QED) is 0.333. The lowest BCUT2D eigenvalue weighted by Crippen LogP contribution is -2.52. The first kappa shape index (κ1) is 27.0. The van der Waals surface area contributed by atoms with Gasteiger partial charge in [0.05, 0.1) is 18.6 Å². The van der Waals surface area contributed by atoms with Crippen molar-refractivity contribution in [3.05, 3.63) is 34.9 Å². The van der Waals surface area contributed by atoms with Crippen LogP contribution in [0.2, 0.25) is 0 Å². The van der Waals surface area contributed by atoms with Crippen molar-refractivity contribution in [2.45, 2.75) is 64.6 Å². The summed E-state index contributed by atoms with van der Waals surface area (Å²) in [7, 11) is 1.84. The Hall–Kier alpha value is -3.27. The van der Waals surface area contributed by atoms with Crippen LogP contribution in [0.5, 0.6) is 0 Å². The van der Waals surface area contributed by atoms with Crippen molar-refractivity contribution in [3.8, 4) is 0 Å². The van der Waals surface area contributed by atoms with E-state index in [9.17, 15) is 24.0 Å². The highest BCUT2D eigenvalue weighted by Gasteiger charge is 2.32. The number of likely N-dealkylation sites (tertiary alicyclic amines) is 1. The van der Waals surface area contributed by atoms with Gasteiger partial charge in [-0.25, -0.2) is 0 Å². The summed E-state index contributed by atoms with van der Waals surface area (Å²) in [6, 6.07) is 3.04. The number of aryl methyl sites for hydroxylation is 2. The average Bonchev–Trinajstić information content (AvgIpc) is 3.20. The van der Waals surface area contributed by atoms with Crippen molar-refractivity contribution >= 4 is 29.4 Å². The highest BCUT2D eigenvalue weighted by atomic mass is 16.2. The van der Waals surface area contributed by atoms with E-state index in [1.807, 2.05) is 38.8 Å². The first-order chi connectivity index (χ1) is 16.0. The molecule has 2 rings (SSSR count). The smallest absolute Gasteiger partial charge is 0.290 e. The maximum Gasteiger partial charge on any atom is 0.290 e. The molecule has 1 aliphatic heterocycles. The molecule has 3 atom stereocenters. The molecule has 3 unspecified atom stereocenters. The van der Waals surface area contributed by atoms with Crippen molar-refractivity contribution in [1.29, 1.82) is 0 Å². The molecule has 186 valence electrons. The van der Waals surface area contributed by atoms with Gasteiger partial charge >= 0.3 is 0 Å². The summed E-state index contributed by atoms with van der Waals surface area (Å²) in [5.41, 5.74) is 7.80. The Morgan fingerprint density at radius 1 is 1.09 bits per heavy atom. The van der Waals surface area contributed by atoms with E-state index in [1.165, 1.54) is 0 Å². The van der Waals surface area contributed by atoms with Crippen LogP contribution in [0, 0.1) is 13.8 Å². The summed E-state index contributed by atoms with van der Waals surface area (Å²) in [5.74, 6) is -3.49. The number of ketones is 1. The lowest BCUT2D eigenvalue weighted by molar-refractivity contribution is -0.141. The van der Waals surface area contributed by atoms with Gasteiger partial charge in [0.1, 0.15) is 6.04 Å². The van der Waals surface area contributed by atoms with E-state index in [2.05, 4.69) is 16.0 Å². The van der Waals surface area contributed by atoms with Gasteiger partial charge in [0.15, 0.2) is 0 Å². The van der Waals surface area contributed by atoms with Crippen molar-refractivity contribution in [2.24, 2.45) is 5.73 Å². The normalized spacial score (nSPS) is 17.5. The van der Waals surface area contributed by atoms with Gasteiger partial charge in [-0.05, 0) is 52.3 Å². The van der Waals surface area contributed by atoms with Gasteiger partial charge in [-0.1, -0.05) is 42.7 Å². The molecule has 4 amide bonds. The standard InChI is InChI=1S/C24H35N5O5/c1-5-7-17(27-23(33)18-8-6-9-29(18)4)21(31)24(34)26-13-19(30)28-20(22(25)32)16-11-14(2)10-15(3)12-16/h10-12,17-18,20H,5-9,13H2,1-4H3,(H2,25,32)(H,26,34)(H,27,33)(H,28,30). The molecule has 0 radical (unpaired) electrons. The number of nitrogens with zero attached hydrogens (tertiary/aromatic N) is 1. The minimum absolute atomic E-state index is 0.282. The molecule has 1 aromatic carbocycles. The molecule has 10 heteroatoms. The number of nitrogens with two attached hydrogens (primary N) is 1. The molecule has 0 aliphatic carbocycles. The number of benzene rings is 1. The Labute approximate surface area is 200 Å². The van der Waals surface area contributed by atoms with Crippen LogP contribution in [0.15, 0.2) is 18.2 Å². The van der Waals surface area contributed by atoms with Crippen LogP contribution in [0.25, 0.3) is 0 Å². The maximum absolute atomic E-state index is 12.7. The minimum atomic E-state index is -1.07. The summed E-state index contributed by atoms with van der Waals surface area (Å²) in [5, 5.41) is 7.46. The van der Waals surface area contributed by atoms with Gasteiger partial charge in [-0.3, -0.25) is 28.9 Å². The fraction of sp³-hybridized carbons (Fsp3) is 0.542. The Kier molecular flexibility index (Phi) is 9.73. The molecule has 0 spiro atoms. The number of carbonyl (C=O) groups excluding carboxylic acids is 5. The molecule has 1 heterocycles. The lowest BCUT2D eigenvalue weighted by atomic mass is 10.0. The van der Waals surface area contributed by atoms with Crippen LogP contribution in [0.4, 0.5) is 0 Å². The van der Waals surface area contributed by atoms with Gasteiger partial charge in [0.25, 0.3) is 5.91 Å². The number of Topliss-reactive ketones (excluding diaryl/α,β-unsaturated/α-hetero) is 1. The number of nitrogens with one attached hydrogen (secondary N) is 3. The number of amides is 4. The van der Waals surface area contributed by atoms with E-state index >= 15 is 0 Å². The van der Waals surface area contributed by atoms with Crippen molar-refractivity contribution in [1.82, 2.24) is 20.9 Å². The van der Waals surface area contributed by atoms with Crippen LogP contribution < -0.4 is 21.7 Å². The van der Waals surface area contributed by atoms with Gasteiger partial charge in [0.2, 0.25) is 23.5 Å². The Balaban J connectivity index is 1.96. The zero-order valence-electron chi connectivity index (χ0n) is 20.3. The fourth-order valence-electron chi connectivity index (χ4n) is 4.18. The molecule has 1 saturated heterocycles. The third kappa shape index (κ3) is 7.38. The van der Waals surface area contributed by atoms with Gasteiger partial charge in [-0.15, -0.1) is 0 Å². The highest BCUT2D eigenvalue weighted by molar-refractivity contribution is 6.38. The predicted octanol–water partition coefficient (Wildman–Crippen LogP) is 0.0104. The number of likely N-dealkylation sites (N-methyl/N-ethyl adjacent to an activating group) is 1. The van der Waals surface area contributed by atoms with Crippen LogP contribution in [0.3, 0.4) is 0 Å². The SMILES string of the molecule is CCCC(NC(=O)C1CCCN1C)C(=O)C(=O)NCC(=O)NC(C(N)=O)c1cc(C)cc(C)c1. The third-order valence-electron chi connectivity index (χ3n) is 5.83. The van der Waals surface area contributed by atoms with E-state index in [0.717, 1.165) is 24.1 Å². The summed E-state index contributed by atoms with van der Waals surface area (Å²) < 4.78 is 0. The van der Waals surface area contributed by atoms with Crippen LogP contribution in [-0.2, 0) is 24.0 Å². The molecule has 0 saturated carbocycles. The van der Waals surface area contributed by atoms with Crippen LogP contribution in [-0.4, -0.2) is 66.5 Å². The van der Waals surface area contributed by atoms with E-state index in [1.54, 1.807) is 12.1 Å². The summed E-state index contributed by atoms with van der Waals surface area (Å²) in [4.78, 5) is 63.9. The largest absolute Gasteiger partial charge is 0.368 e. The van der Waals surface area contributed by atoms with E-state index in [0.29, 0.717) is 24.8 Å². The fourth-order valence-corrected chi connectivity index (χ4v) is 4.18. The number of hydrogen-bond acceptors (Lipinski definition) is 6. The van der Waals surface area contributed by atoms with E-state index in [-0.39, 0.29) is 11.9 Å². The molecule has 0 aromatic heterocycles. The summed E-state index contributed by atoms with van der Waals surface area (Å²) in [6.45, 7) is 5.85. The molecule has 34 heavy (non-hydrogen) atoms. The summed E-state index contributed by atoms with van der Waals surface area (Å²) in [6.07, 6.45) is 2.48. The van der Waals surface area contributed by atoms with Crippen LogP contribution >= 0.6 is 0 Å². The second-order valence-corrected chi connectivity index (χ2v) is 8.86. The third-order valence-corrected chi connectivity index (χ3v) is 5.83. The van der Waals surface area contributed by atoms with Crippen molar-refractivity contribution in [2.75, 3.05) is 20.1 Å². The predicted molar refractivity (Wildman–Crippen MR) is 127 cm³/mol. The van der Waals surface area contributed by atoms with Crippen molar-refractivity contribution < 1.29 is 24.0 Å². The number of carbonyl (C=O) groups is 5. The highest BCUT2D eigenvalue weighted by Crippen LogP contribution is 2.17. The Morgan fingerprint density at radius 3 is 2.26 bits per heavy atom. The molecule has 0 bridgehead atoms. The molecular weight excluding hydrogens is 438 g/mol. The Morgan fingerprint density at radius 2 is 1.74 bits per heavy atom. The number of primary amides is 1. The average molecular weight is 474 g/mol. The van der Waals surface area contributed by atoms with Gasteiger partial charge < -0.3 is 21.7 Å². The molecule has 10 nitrogen and oxygen atoms in total. The first-order valence-electron chi connectivity index (χ1n) is 11.5. The zero-order valence-corrected chi connectivity index (χ0v) is 20.3. The summed E-state index contributed by atoms with van der Waals surface area (Å²) >= 11 is 0. The first-order valence-corrected chi connectivity index (χ1v) is 11.5. The van der Waals surface area contributed by atoms with Gasteiger partial charge in [-0.2, -0.15) is 0 Å². The second-order valence-electron chi connectivity index (χ2n) is 8.86. The number of hydrogen-bond donors (Lipinski definition) is 4.